The largest absolute Gasteiger partial charge is 0.310 e. The molecule has 0 bridgehead atoms. The lowest BCUT2D eigenvalue weighted by Crippen LogP contribution is -2.20. The average molecular weight is 248 g/mol. The molecule has 0 atom stereocenters. The maximum Gasteiger partial charge on any atom is 0.141 e. The summed E-state index contributed by atoms with van der Waals surface area (Å²) in [5.41, 5.74) is 1.62. The highest BCUT2D eigenvalue weighted by atomic mass is 15.3. The summed E-state index contributed by atoms with van der Waals surface area (Å²) in [6.45, 7) is 6.11. The molecular formula is C14H24N4. The lowest BCUT2D eigenvalue weighted by molar-refractivity contribution is 0.489. The van der Waals surface area contributed by atoms with Crippen molar-refractivity contribution < 1.29 is 0 Å². The second kappa shape index (κ2) is 6.69. The monoisotopic (exact) mass is 248 g/mol. The van der Waals surface area contributed by atoms with Crippen LogP contribution in [0.1, 0.15) is 57.8 Å². The minimum Gasteiger partial charge on any atom is -0.310 e. The molecule has 0 saturated heterocycles. The quantitative estimate of drug-likeness (QED) is 0.622. The van der Waals surface area contributed by atoms with Crippen molar-refractivity contribution in [3.8, 4) is 0 Å². The molecule has 0 amide bonds. The highest BCUT2D eigenvalue weighted by Gasteiger charge is 2.07. The normalized spacial score (nSPS) is 16.1. The van der Waals surface area contributed by atoms with E-state index in [1.54, 1.807) is 11.9 Å². The van der Waals surface area contributed by atoms with Crippen molar-refractivity contribution in [2.24, 2.45) is 0 Å². The van der Waals surface area contributed by atoms with Crippen molar-refractivity contribution in [2.75, 3.05) is 6.54 Å². The molecule has 1 N–H and O–H groups in total. The molecule has 100 valence electrons. The van der Waals surface area contributed by atoms with E-state index in [-0.39, 0.29) is 0 Å². The Morgan fingerprint density at radius 2 is 2.28 bits per heavy atom. The zero-order chi connectivity index (χ0) is 12.8. The van der Waals surface area contributed by atoms with E-state index in [9.17, 15) is 0 Å². The second-order valence-electron chi connectivity index (χ2n) is 5.25. The van der Waals surface area contributed by atoms with Crippen molar-refractivity contribution in [2.45, 2.75) is 58.5 Å². The molecule has 0 fully saturated rings. The van der Waals surface area contributed by atoms with Gasteiger partial charge in [-0.1, -0.05) is 11.6 Å². The van der Waals surface area contributed by atoms with Gasteiger partial charge in [-0.15, -0.1) is 0 Å². The number of aromatic nitrogens is 3. The molecule has 1 aliphatic carbocycles. The van der Waals surface area contributed by atoms with Gasteiger partial charge in [0.05, 0.1) is 6.54 Å². The summed E-state index contributed by atoms with van der Waals surface area (Å²) in [5, 5.41) is 7.70. The predicted molar refractivity (Wildman–Crippen MR) is 73.3 cm³/mol. The summed E-state index contributed by atoms with van der Waals surface area (Å²) in [6, 6.07) is 0.380. The number of hydrogen-bond donors (Lipinski definition) is 1. The van der Waals surface area contributed by atoms with Crippen molar-refractivity contribution in [1.29, 1.82) is 0 Å². The Bertz CT molecular complexity index is 392. The summed E-state index contributed by atoms with van der Waals surface area (Å²) in [4.78, 5) is 4.30. The van der Waals surface area contributed by atoms with Crippen molar-refractivity contribution >= 4 is 0 Å². The summed E-state index contributed by atoms with van der Waals surface area (Å²) in [5.74, 6) is 1.03. The molecule has 4 heteroatoms. The third-order valence-corrected chi connectivity index (χ3v) is 3.43. The van der Waals surface area contributed by atoms with Gasteiger partial charge in [-0.3, -0.25) is 0 Å². The third-order valence-electron chi connectivity index (χ3n) is 3.43. The van der Waals surface area contributed by atoms with Gasteiger partial charge in [0.2, 0.25) is 0 Å². The summed E-state index contributed by atoms with van der Waals surface area (Å²) in [7, 11) is 0. The number of rotatable bonds is 6. The van der Waals surface area contributed by atoms with E-state index in [2.05, 4.69) is 35.3 Å². The van der Waals surface area contributed by atoms with Gasteiger partial charge >= 0.3 is 0 Å². The Morgan fingerprint density at radius 3 is 3.00 bits per heavy atom. The highest BCUT2D eigenvalue weighted by molar-refractivity contribution is 5.05. The molecule has 0 saturated carbocycles. The Balaban J connectivity index is 1.71. The molecule has 0 radical (unpaired) electrons. The van der Waals surface area contributed by atoms with Crippen LogP contribution in [-0.4, -0.2) is 21.3 Å². The van der Waals surface area contributed by atoms with Crippen LogP contribution >= 0.6 is 0 Å². The van der Waals surface area contributed by atoms with Gasteiger partial charge in [0.1, 0.15) is 12.2 Å². The first kappa shape index (κ1) is 13.3. The number of nitrogens with one attached hydrogen (secondary N) is 1. The van der Waals surface area contributed by atoms with E-state index in [0.717, 1.165) is 18.9 Å². The van der Waals surface area contributed by atoms with Crippen LogP contribution in [0.4, 0.5) is 0 Å². The van der Waals surface area contributed by atoms with Crippen LogP contribution in [0.5, 0.6) is 0 Å². The van der Waals surface area contributed by atoms with E-state index in [0.29, 0.717) is 6.04 Å². The van der Waals surface area contributed by atoms with Gasteiger partial charge in [0, 0.05) is 6.04 Å². The van der Waals surface area contributed by atoms with Crippen LogP contribution in [-0.2, 0) is 6.54 Å². The molecular weight excluding hydrogens is 224 g/mol. The second-order valence-corrected chi connectivity index (χ2v) is 5.25. The van der Waals surface area contributed by atoms with E-state index in [4.69, 9.17) is 0 Å². The molecule has 0 unspecified atom stereocenters. The van der Waals surface area contributed by atoms with Crippen LogP contribution in [0.2, 0.25) is 0 Å². The lowest BCUT2D eigenvalue weighted by Gasteiger charge is -2.13. The van der Waals surface area contributed by atoms with Crippen molar-refractivity contribution in [1.82, 2.24) is 20.1 Å². The fraction of sp³-hybridized carbons (Fsp3) is 0.714. The van der Waals surface area contributed by atoms with Gasteiger partial charge in [-0.25, -0.2) is 9.67 Å². The smallest absolute Gasteiger partial charge is 0.141 e. The van der Waals surface area contributed by atoms with E-state index in [1.165, 1.54) is 32.1 Å². The van der Waals surface area contributed by atoms with Gasteiger partial charge in [0.25, 0.3) is 0 Å². The molecule has 0 aliphatic heterocycles. The molecule has 1 aliphatic rings. The number of allylic oxidation sites excluding steroid dienone is 1. The van der Waals surface area contributed by atoms with E-state index < -0.39 is 0 Å². The van der Waals surface area contributed by atoms with Crippen LogP contribution in [0, 0.1) is 0 Å². The first-order valence-corrected chi connectivity index (χ1v) is 7.04. The average Bonchev–Trinajstić information content (AvgIpc) is 2.84. The zero-order valence-corrected chi connectivity index (χ0v) is 11.5. The molecule has 1 heterocycles. The van der Waals surface area contributed by atoms with E-state index in [1.807, 2.05) is 4.68 Å². The summed E-state index contributed by atoms with van der Waals surface area (Å²) in [6.07, 6.45) is 10.5. The first-order chi connectivity index (χ1) is 8.77. The number of hydrogen-bond acceptors (Lipinski definition) is 3. The standard InChI is InChI=1S/C14H24N4/c1-12(2)18-14(16-11-17-18)10-15-9-8-13-6-4-3-5-7-13/h6,11-12,15H,3-5,7-10H2,1-2H3. The van der Waals surface area contributed by atoms with Crippen LogP contribution in [0.3, 0.4) is 0 Å². The topological polar surface area (TPSA) is 42.7 Å². The Kier molecular flexibility index (Phi) is 4.93. The molecule has 1 aromatic rings. The molecule has 0 aromatic carbocycles. The fourth-order valence-electron chi connectivity index (χ4n) is 2.41. The van der Waals surface area contributed by atoms with Crippen LogP contribution in [0.25, 0.3) is 0 Å². The summed E-state index contributed by atoms with van der Waals surface area (Å²) >= 11 is 0. The van der Waals surface area contributed by atoms with Gasteiger partial charge in [-0.05, 0) is 52.5 Å². The third kappa shape index (κ3) is 3.67. The van der Waals surface area contributed by atoms with Crippen molar-refractivity contribution in [3.63, 3.8) is 0 Å². The minimum atomic E-state index is 0.380. The molecule has 18 heavy (non-hydrogen) atoms. The molecule has 4 nitrogen and oxygen atoms in total. The lowest BCUT2D eigenvalue weighted by atomic mass is 9.97. The van der Waals surface area contributed by atoms with E-state index >= 15 is 0 Å². The molecule has 1 aromatic heterocycles. The number of nitrogens with zero attached hydrogens (tertiary/aromatic N) is 3. The van der Waals surface area contributed by atoms with Crippen molar-refractivity contribution in [3.05, 3.63) is 23.8 Å². The van der Waals surface area contributed by atoms with Gasteiger partial charge < -0.3 is 5.32 Å². The molecule has 2 rings (SSSR count). The van der Waals surface area contributed by atoms with Gasteiger partial charge in [0.15, 0.2) is 0 Å². The maximum atomic E-state index is 4.30. The minimum absolute atomic E-state index is 0.380. The Morgan fingerprint density at radius 1 is 1.39 bits per heavy atom. The SMILES string of the molecule is CC(C)n1ncnc1CNCCC1=CCCCC1. The predicted octanol–water partition coefficient (Wildman–Crippen LogP) is 2.84. The highest BCUT2D eigenvalue weighted by Crippen LogP contribution is 2.19. The Labute approximate surface area is 109 Å². The molecule has 0 spiro atoms. The summed E-state index contributed by atoms with van der Waals surface area (Å²) < 4.78 is 1.98. The van der Waals surface area contributed by atoms with Gasteiger partial charge in [-0.2, -0.15) is 5.10 Å². The Hall–Kier alpha value is -1.16. The van der Waals surface area contributed by atoms with Crippen LogP contribution < -0.4 is 5.32 Å². The maximum absolute atomic E-state index is 4.30. The van der Waals surface area contributed by atoms with Crippen LogP contribution in [0.15, 0.2) is 18.0 Å². The first-order valence-electron chi connectivity index (χ1n) is 7.04. The fourth-order valence-corrected chi connectivity index (χ4v) is 2.41. The zero-order valence-electron chi connectivity index (χ0n) is 11.5.